The number of piperidine rings is 2. The maximum atomic E-state index is 4.91. The van der Waals surface area contributed by atoms with Gasteiger partial charge in [-0.1, -0.05) is 30.3 Å². The molecule has 2 aliphatic rings. The molecule has 4 rings (SSSR count). The molecule has 1 N–H and O–H groups in total. The van der Waals surface area contributed by atoms with Gasteiger partial charge in [-0.15, -0.1) is 11.3 Å². The standard InChI is InChI=1S/C21H29N3S/c1-17-23-20(16-25-17)21(19-7-3-2-4-8-19)9-12-24(13-10-21)15-18-6-5-11-22-14-18/h2-4,7-8,16,18,22H,5-6,9-15H2,1H3. The van der Waals surface area contributed by atoms with Gasteiger partial charge in [0, 0.05) is 17.3 Å². The van der Waals surface area contributed by atoms with Crippen LogP contribution in [0.15, 0.2) is 35.7 Å². The summed E-state index contributed by atoms with van der Waals surface area (Å²) in [6.45, 7) is 8.15. The van der Waals surface area contributed by atoms with Gasteiger partial charge in [0.15, 0.2) is 0 Å². The summed E-state index contributed by atoms with van der Waals surface area (Å²) < 4.78 is 0. The van der Waals surface area contributed by atoms with Crippen molar-refractivity contribution in [2.75, 3.05) is 32.7 Å². The van der Waals surface area contributed by atoms with E-state index in [1.165, 1.54) is 74.7 Å². The molecule has 1 atom stereocenters. The molecule has 3 nitrogen and oxygen atoms in total. The maximum absolute atomic E-state index is 4.91. The van der Waals surface area contributed by atoms with Crippen LogP contribution in [0, 0.1) is 12.8 Å². The van der Waals surface area contributed by atoms with Crippen LogP contribution in [0.4, 0.5) is 0 Å². The Morgan fingerprint density at radius 3 is 2.68 bits per heavy atom. The van der Waals surface area contributed by atoms with E-state index in [1.807, 2.05) is 0 Å². The van der Waals surface area contributed by atoms with Crippen LogP contribution in [-0.4, -0.2) is 42.6 Å². The molecule has 0 saturated carbocycles. The van der Waals surface area contributed by atoms with E-state index in [1.54, 1.807) is 11.3 Å². The number of nitrogens with zero attached hydrogens (tertiary/aromatic N) is 2. The van der Waals surface area contributed by atoms with Gasteiger partial charge < -0.3 is 10.2 Å². The Balaban J connectivity index is 1.51. The second kappa shape index (κ2) is 7.56. The molecule has 1 aromatic heterocycles. The molecule has 0 radical (unpaired) electrons. The fourth-order valence-corrected chi connectivity index (χ4v) is 5.31. The molecule has 25 heavy (non-hydrogen) atoms. The van der Waals surface area contributed by atoms with Crippen molar-refractivity contribution >= 4 is 11.3 Å². The Hall–Kier alpha value is -1.23. The van der Waals surface area contributed by atoms with Crippen LogP contribution in [0.1, 0.15) is 41.9 Å². The van der Waals surface area contributed by atoms with Gasteiger partial charge in [0.2, 0.25) is 0 Å². The van der Waals surface area contributed by atoms with E-state index in [0.717, 1.165) is 5.92 Å². The lowest BCUT2D eigenvalue weighted by molar-refractivity contribution is 0.145. The lowest BCUT2D eigenvalue weighted by atomic mass is 9.70. The highest BCUT2D eigenvalue weighted by Crippen LogP contribution is 2.42. The van der Waals surface area contributed by atoms with E-state index in [2.05, 4.69) is 52.9 Å². The molecule has 2 aliphatic heterocycles. The van der Waals surface area contributed by atoms with Crippen molar-refractivity contribution < 1.29 is 0 Å². The fourth-order valence-electron chi connectivity index (χ4n) is 4.60. The number of nitrogens with one attached hydrogen (secondary N) is 1. The zero-order valence-electron chi connectivity index (χ0n) is 15.2. The third-order valence-corrected chi connectivity index (χ3v) is 6.83. The molecule has 2 fully saturated rings. The second-order valence-electron chi connectivity index (χ2n) is 7.71. The molecule has 134 valence electrons. The average Bonchev–Trinajstić information content (AvgIpc) is 3.11. The quantitative estimate of drug-likeness (QED) is 0.903. The van der Waals surface area contributed by atoms with Gasteiger partial charge in [0.25, 0.3) is 0 Å². The largest absolute Gasteiger partial charge is 0.316 e. The van der Waals surface area contributed by atoms with E-state index >= 15 is 0 Å². The van der Waals surface area contributed by atoms with Gasteiger partial charge in [0.05, 0.1) is 10.7 Å². The highest BCUT2D eigenvalue weighted by molar-refractivity contribution is 7.09. The Labute approximate surface area is 155 Å². The molecule has 1 aromatic carbocycles. The predicted molar refractivity (Wildman–Crippen MR) is 105 cm³/mol. The smallest absolute Gasteiger partial charge is 0.0897 e. The van der Waals surface area contributed by atoms with Crippen LogP contribution >= 0.6 is 11.3 Å². The zero-order chi connectivity index (χ0) is 17.1. The number of thiazole rings is 1. The molecule has 0 bridgehead atoms. The van der Waals surface area contributed by atoms with Crippen molar-refractivity contribution in [2.45, 2.75) is 38.0 Å². The summed E-state index contributed by atoms with van der Waals surface area (Å²) >= 11 is 1.79. The Kier molecular flexibility index (Phi) is 5.20. The number of likely N-dealkylation sites (tertiary alicyclic amines) is 1. The molecule has 3 heterocycles. The summed E-state index contributed by atoms with van der Waals surface area (Å²) in [5.74, 6) is 0.833. The summed E-state index contributed by atoms with van der Waals surface area (Å²) in [5.41, 5.74) is 2.84. The third kappa shape index (κ3) is 3.67. The van der Waals surface area contributed by atoms with E-state index in [-0.39, 0.29) is 5.41 Å². The minimum absolute atomic E-state index is 0.104. The molecule has 0 amide bonds. The van der Waals surface area contributed by atoms with Crippen molar-refractivity contribution in [3.05, 3.63) is 52.0 Å². The van der Waals surface area contributed by atoms with Crippen molar-refractivity contribution in [3.8, 4) is 0 Å². The lowest BCUT2D eigenvalue weighted by Gasteiger charge is -2.42. The molecule has 2 aromatic rings. The summed E-state index contributed by atoms with van der Waals surface area (Å²) in [7, 11) is 0. The van der Waals surface area contributed by atoms with Gasteiger partial charge in [0.1, 0.15) is 0 Å². The lowest BCUT2D eigenvalue weighted by Crippen LogP contribution is -2.46. The van der Waals surface area contributed by atoms with Gasteiger partial charge in [-0.2, -0.15) is 0 Å². The topological polar surface area (TPSA) is 28.2 Å². The minimum atomic E-state index is 0.104. The number of hydrogen-bond donors (Lipinski definition) is 1. The first kappa shape index (κ1) is 17.2. The molecule has 1 unspecified atom stereocenters. The second-order valence-corrected chi connectivity index (χ2v) is 8.78. The van der Waals surface area contributed by atoms with Crippen molar-refractivity contribution in [2.24, 2.45) is 5.92 Å². The molecule has 0 aliphatic carbocycles. The van der Waals surface area contributed by atoms with Crippen LogP contribution in [0.25, 0.3) is 0 Å². The Morgan fingerprint density at radius 2 is 2.04 bits per heavy atom. The van der Waals surface area contributed by atoms with Crippen LogP contribution in [-0.2, 0) is 5.41 Å². The molecule has 4 heteroatoms. The van der Waals surface area contributed by atoms with Gasteiger partial charge in [-0.05, 0) is 70.3 Å². The summed E-state index contributed by atoms with van der Waals surface area (Å²) in [5, 5.41) is 7.04. The summed E-state index contributed by atoms with van der Waals surface area (Å²) in [6, 6.07) is 11.1. The predicted octanol–water partition coefficient (Wildman–Crippen LogP) is 3.83. The monoisotopic (exact) mass is 355 g/mol. The maximum Gasteiger partial charge on any atom is 0.0897 e. The van der Waals surface area contributed by atoms with Gasteiger partial charge in [-0.3, -0.25) is 0 Å². The van der Waals surface area contributed by atoms with Crippen LogP contribution < -0.4 is 5.32 Å². The molecule has 0 spiro atoms. The molecular weight excluding hydrogens is 326 g/mol. The Morgan fingerprint density at radius 1 is 1.24 bits per heavy atom. The number of aromatic nitrogens is 1. The first-order valence-electron chi connectivity index (χ1n) is 9.67. The minimum Gasteiger partial charge on any atom is -0.316 e. The van der Waals surface area contributed by atoms with Crippen LogP contribution in [0.2, 0.25) is 0 Å². The van der Waals surface area contributed by atoms with Crippen molar-refractivity contribution in [3.63, 3.8) is 0 Å². The number of hydrogen-bond acceptors (Lipinski definition) is 4. The van der Waals surface area contributed by atoms with E-state index in [9.17, 15) is 0 Å². The Bertz CT molecular complexity index is 667. The van der Waals surface area contributed by atoms with Crippen molar-refractivity contribution in [1.82, 2.24) is 15.2 Å². The van der Waals surface area contributed by atoms with E-state index < -0.39 is 0 Å². The molecule has 2 saturated heterocycles. The van der Waals surface area contributed by atoms with Crippen molar-refractivity contribution in [1.29, 1.82) is 0 Å². The number of rotatable bonds is 4. The van der Waals surface area contributed by atoms with Gasteiger partial charge >= 0.3 is 0 Å². The SMILES string of the molecule is Cc1nc(C2(c3ccccc3)CCN(CC3CCCNC3)CC2)cs1. The normalized spacial score (nSPS) is 24.3. The summed E-state index contributed by atoms with van der Waals surface area (Å²) in [6.07, 6.45) is 5.09. The van der Waals surface area contributed by atoms with E-state index in [4.69, 9.17) is 4.98 Å². The average molecular weight is 356 g/mol. The van der Waals surface area contributed by atoms with Crippen LogP contribution in [0.5, 0.6) is 0 Å². The summed E-state index contributed by atoms with van der Waals surface area (Å²) in [4.78, 5) is 7.61. The highest BCUT2D eigenvalue weighted by atomic mass is 32.1. The zero-order valence-corrected chi connectivity index (χ0v) is 16.0. The molecular formula is C21H29N3S. The first-order valence-corrected chi connectivity index (χ1v) is 10.6. The van der Waals surface area contributed by atoms with Crippen LogP contribution in [0.3, 0.4) is 0 Å². The number of benzene rings is 1. The third-order valence-electron chi connectivity index (χ3n) is 6.06. The number of aryl methyl sites for hydroxylation is 1. The highest BCUT2D eigenvalue weighted by Gasteiger charge is 2.39. The fraction of sp³-hybridized carbons (Fsp3) is 0.571. The first-order chi connectivity index (χ1) is 12.3. The van der Waals surface area contributed by atoms with Gasteiger partial charge in [-0.25, -0.2) is 4.98 Å². The van der Waals surface area contributed by atoms with E-state index in [0.29, 0.717) is 0 Å².